The first-order valence-electron chi connectivity index (χ1n) is 8.56. The highest BCUT2D eigenvalue weighted by molar-refractivity contribution is 6.30. The lowest BCUT2D eigenvalue weighted by atomic mass is 9.97. The number of halogens is 1. The van der Waals surface area contributed by atoms with Gasteiger partial charge in [-0.15, -0.1) is 0 Å². The minimum absolute atomic E-state index is 0.645. The number of hydrogen-bond donors (Lipinski definition) is 1. The summed E-state index contributed by atoms with van der Waals surface area (Å²) >= 11 is 6.16. The predicted molar refractivity (Wildman–Crippen MR) is 87.8 cm³/mol. The van der Waals surface area contributed by atoms with Crippen molar-refractivity contribution in [3.63, 3.8) is 0 Å². The third-order valence-corrected chi connectivity index (χ3v) is 5.67. The number of nitrogens with zero attached hydrogens (tertiary/aromatic N) is 1. The monoisotopic (exact) mass is 304 g/mol. The van der Waals surface area contributed by atoms with Gasteiger partial charge in [0.25, 0.3) is 0 Å². The predicted octanol–water partition coefficient (Wildman–Crippen LogP) is 3.79. The van der Waals surface area contributed by atoms with Gasteiger partial charge in [-0.3, -0.25) is 4.90 Å². The van der Waals surface area contributed by atoms with Crippen molar-refractivity contribution < 1.29 is 0 Å². The first kappa shape index (κ1) is 14.0. The van der Waals surface area contributed by atoms with E-state index in [1.165, 1.54) is 63.7 Å². The fourth-order valence-electron chi connectivity index (χ4n) is 4.22. The molecule has 2 atom stereocenters. The van der Waals surface area contributed by atoms with Crippen LogP contribution in [-0.4, -0.2) is 30.6 Å². The molecule has 1 N–H and O–H groups in total. The molecule has 0 aromatic heterocycles. The molecule has 1 saturated heterocycles. The van der Waals surface area contributed by atoms with Gasteiger partial charge in [-0.1, -0.05) is 17.7 Å². The van der Waals surface area contributed by atoms with E-state index >= 15 is 0 Å². The Labute approximate surface area is 132 Å². The van der Waals surface area contributed by atoms with E-state index in [2.05, 4.69) is 28.4 Å². The van der Waals surface area contributed by atoms with Gasteiger partial charge in [0, 0.05) is 23.7 Å². The smallest absolute Gasteiger partial charge is 0.0408 e. The Balaban J connectivity index is 1.52. The normalized spacial score (nSPS) is 28.9. The summed E-state index contributed by atoms with van der Waals surface area (Å²) < 4.78 is 0. The maximum absolute atomic E-state index is 6.16. The van der Waals surface area contributed by atoms with E-state index in [9.17, 15) is 0 Å². The zero-order valence-electron chi connectivity index (χ0n) is 12.7. The van der Waals surface area contributed by atoms with Gasteiger partial charge in [0.05, 0.1) is 0 Å². The van der Waals surface area contributed by atoms with E-state index in [1.807, 2.05) is 0 Å². The average Bonchev–Trinajstić information content (AvgIpc) is 3.26. The molecule has 1 heterocycles. The van der Waals surface area contributed by atoms with Crippen molar-refractivity contribution in [1.29, 1.82) is 0 Å². The maximum atomic E-state index is 6.16. The molecule has 0 bridgehead atoms. The Hall–Kier alpha value is -0.570. The van der Waals surface area contributed by atoms with Crippen LogP contribution in [0.2, 0.25) is 5.02 Å². The van der Waals surface area contributed by atoms with Gasteiger partial charge in [0.1, 0.15) is 0 Å². The van der Waals surface area contributed by atoms with Crippen LogP contribution in [-0.2, 0) is 6.42 Å². The number of piperidine rings is 1. The first-order chi connectivity index (χ1) is 10.3. The third-order valence-electron chi connectivity index (χ3n) is 5.44. The Bertz CT molecular complexity index is 506. The minimum atomic E-state index is 0.645. The number of hydrogen-bond acceptors (Lipinski definition) is 2. The molecule has 1 aliphatic heterocycles. The van der Waals surface area contributed by atoms with Crippen LogP contribution >= 0.6 is 11.6 Å². The van der Waals surface area contributed by atoms with Crippen LogP contribution in [0.4, 0.5) is 0 Å². The number of fused-ring (bicyclic) bond motifs is 1. The van der Waals surface area contributed by atoms with Gasteiger partial charge in [0.2, 0.25) is 0 Å². The second-order valence-corrected chi connectivity index (χ2v) is 7.47. The quantitative estimate of drug-likeness (QED) is 0.910. The molecule has 4 rings (SSSR count). The van der Waals surface area contributed by atoms with Crippen LogP contribution in [0.25, 0.3) is 0 Å². The fourth-order valence-corrected chi connectivity index (χ4v) is 4.42. The molecule has 2 aliphatic carbocycles. The summed E-state index contributed by atoms with van der Waals surface area (Å²) in [6, 6.07) is 8.03. The van der Waals surface area contributed by atoms with Crippen LogP contribution in [0.3, 0.4) is 0 Å². The van der Waals surface area contributed by atoms with Crippen molar-refractivity contribution in [2.75, 3.05) is 19.6 Å². The molecule has 0 radical (unpaired) electrons. The molecule has 2 unspecified atom stereocenters. The van der Waals surface area contributed by atoms with Crippen molar-refractivity contribution in [3.8, 4) is 0 Å². The minimum Gasteiger partial charge on any atom is -0.316 e. The molecule has 0 spiro atoms. The molecular formula is C18H25ClN2. The molecule has 3 heteroatoms. The van der Waals surface area contributed by atoms with Crippen LogP contribution in [0.1, 0.15) is 49.3 Å². The van der Waals surface area contributed by atoms with E-state index in [-0.39, 0.29) is 0 Å². The number of aryl methyl sites for hydroxylation is 1. The summed E-state index contributed by atoms with van der Waals surface area (Å²) in [7, 11) is 0. The fraction of sp³-hybridized carbons (Fsp3) is 0.667. The summed E-state index contributed by atoms with van der Waals surface area (Å²) in [6.07, 6.45) is 8.04. The molecule has 0 amide bonds. The number of nitrogens with one attached hydrogen (secondary N) is 1. The topological polar surface area (TPSA) is 15.3 Å². The third kappa shape index (κ3) is 2.99. The van der Waals surface area contributed by atoms with Gasteiger partial charge in [-0.25, -0.2) is 0 Å². The molecule has 2 fully saturated rings. The lowest BCUT2D eigenvalue weighted by Crippen LogP contribution is -2.40. The lowest BCUT2D eigenvalue weighted by Gasteiger charge is -2.34. The van der Waals surface area contributed by atoms with E-state index in [1.54, 1.807) is 5.56 Å². The van der Waals surface area contributed by atoms with Crippen LogP contribution in [0.5, 0.6) is 0 Å². The summed E-state index contributed by atoms with van der Waals surface area (Å²) in [6.45, 7) is 3.71. The second kappa shape index (κ2) is 5.91. The van der Waals surface area contributed by atoms with E-state index in [0.717, 1.165) is 17.0 Å². The Morgan fingerprint density at radius 1 is 1.19 bits per heavy atom. The van der Waals surface area contributed by atoms with Crippen molar-refractivity contribution in [2.45, 2.75) is 50.6 Å². The van der Waals surface area contributed by atoms with Crippen molar-refractivity contribution >= 4 is 11.6 Å². The van der Waals surface area contributed by atoms with Crippen LogP contribution < -0.4 is 5.32 Å². The SMILES string of the molecule is Clc1ccc2c(c1)CCC2N(CC1CCCNC1)C1CC1. The van der Waals surface area contributed by atoms with Gasteiger partial charge in [-0.2, -0.15) is 0 Å². The van der Waals surface area contributed by atoms with Gasteiger partial charge in [-0.05, 0) is 80.8 Å². The summed E-state index contributed by atoms with van der Waals surface area (Å²) in [5.74, 6) is 0.843. The first-order valence-corrected chi connectivity index (χ1v) is 8.94. The summed E-state index contributed by atoms with van der Waals surface area (Å²) in [4.78, 5) is 2.83. The Morgan fingerprint density at radius 3 is 2.86 bits per heavy atom. The number of benzene rings is 1. The molecule has 1 aromatic carbocycles. The van der Waals surface area contributed by atoms with Crippen molar-refractivity contribution in [2.24, 2.45) is 5.92 Å². The second-order valence-electron chi connectivity index (χ2n) is 7.04. The Kier molecular flexibility index (Phi) is 3.95. The standard InChI is InChI=1S/C18H25ClN2/c19-15-4-7-17-14(10-15)3-8-18(17)21(16-5-6-16)12-13-2-1-9-20-11-13/h4,7,10,13,16,18,20H,1-3,5-6,8-9,11-12H2. The highest BCUT2D eigenvalue weighted by atomic mass is 35.5. The van der Waals surface area contributed by atoms with E-state index in [4.69, 9.17) is 11.6 Å². The Morgan fingerprint density at radius 2 is 2.10 bits per heavy atom. The zero-order chi connectivity index (χ0) is 14.2. The van der Waals surface area contributed by atoms with Gasteiger partial charge < -0.3 is 5.32 Å². The van der Waals surface area contributed by atoms with Crippen LogP contribution in [0, 0.1) is 5.92 Å². The van der Waals surface area contributed by atoms with Crippen molar-refractivity contribution in [3.05, 3.63) is 34.3 Å². The molecule has 114 valence electrons. The molecular weight excluding hydrogens is 280 g/mol. The average molecular weight is 305 g/mol. The maximum Gasteiger partial charge on any atom is 0.0408 e. The van der Waals surface area contributed by atoms with Crippen molar-refractivity contribution in [1.82, 2.24) is 10.2 Å². The molecule has 2 nitrogen and oxygen atoms in total. The highest BCUT2D eigenvalue weighted by Gasteiger charge is 2.38. The highest BCUT2D eigenvalue weighted by Crippen LogP contribution is 2.43. The molecule has 21 heavy (non-hydrogen) atoms. The lowest BCUT2D eigenvalue weighted by molar-refractivity contribution is 0.144. The largest absolute Gasteiger partial charge is 0.316 e. The van der Waals surface area contributed by atoms with Crippen LogP contribution in [0.15, 0.2) is 18.2 Å². The summed E-state index contributed by atoms with van der Waals surface area (Å²) in [5, 5.41) is 4.47. The van der Waals surface area contributed by atoms with E-state index < -0.39 is 0 Å². The summed E-state index contributed by atoms with van der Waals surface area (Å²) in [5.41, 5.74) is 3.04. The van der Waals surface area contributed by atoms with Gasteiger partial charge >= 0.3 is 0 Å². The van der Waals surface area contributed by atoms with Gasteiger partial charge in [0.15, 0.2) is 0 Å². The number of rotatable bonds is 4. The molecule has 1 aromatic rings. The molecule has 1 saturated carbocycles. The zero-order valence-corrected chi connectivity index (χ0v) is 13.4. The molecule has 3 aliphatic rings. The van der Waals surface area contributed by atoms with E-state index in [0.29, 0.717) is 6.04 Å².